The van der Waals surface area contributed by atoms with Crippen LogP contribution in [-0.4, -0.2) is 50.6 Å². The average Bonchev–Trinajstić information content (AvgIpc) is 2.31. The van der Waals surface area contributed by atoms with Gasteiger partial charge in [-0.25, -0.2) is 0 Å². The Morgan fingerprint density at radius 1 is 1.11 bits per heavy atom. The molecule has 0 saturated carbocycles. The van der Waals surface area contributed by atoms with Gasteiger partial charge in [-0.3, -0.25) is 24.5 Å². The fourth-order valence-electron chi connectivity index (χ4n) is 1.05. The van der Waals surface area contributed by atoms with Crippen molar-refractivity contribution in [3.05, 3.63) is 0 Å². The third kappa shape index (κ3) is 11.0. The van der Waals surface area contributed by atoms with Gasteiger partial charge in [0.1, 0.15) is 12.2 Å². The van der Waals surface area contributed by atoms with Gasteiger partial charge in [-0.15, -0.1) is 0 Å². The predicted octanol–water partition coefficient (Wildman–Crippen LogP) is -1.26. The number of hydrogen-bond donors (Lipinski definition) is 2. The molecule has 0 aromatic carbocycles. The lowest BCUT2D eigenvalue weighted by Crippen LogP contribution is -2.37. The van der Waals surface area contributed by atoms with E-state index in [1.54, 1.807) is 0 Å². The lowest BCUT2D eigenvalue weighted by molar-refractivity contribution is -0.155. The summed E-state index contributed by atoms with van der Waals surface area (Å²) in [6.45, 7) is 1.08. The van der Waals surface area contributed by atoms with Crippen molar-refractivity contribution in [1.29, 1.82) is 0 Å². The number of esters is 1. The lowest BCUT2D eigenvalue weighted by atomic mass is 10.3. The molecule has 0 aliphatic heterocycles. The summed E-state index contributed by atoms with van der Waals surface area (Å²) < 4.78 is 9.04. The summed E-state index contributed by atoms with van der Waals surface area (Å²) >= 11 is 0. The number of ketones is 2. The predicted molar refractivity (Wildman–Crippen MR) is 63.9 cm³/mol. The van der Waals surface area contributed by atoms with Crippen LogP contribution in [0.15, 0.2) is 0 Å². The number of ether oxygens (including phenoxy) is 2. The van der Waals surface area contributed by atoms with E-state index < -0.39 is 11.9 Å². The van der Waals surface area contributed by atoms with E-state index in [1.165, 1.54) is 14.0 Å². The van der Waals surface area contributed by atoms with Crippen LogP contribution >= 0.6 is 0 Å². The molecule has 0 radical (unpaired) electrons. The zero-order valence-corrected chi connectivity index (χ0v) is 11.0. The summed E-state index contributed by atoms with van der Waals surface area (Å²) in [4.78, 5) is 43.9. The van der Waals surface area contributed by atoms with Crippen LogP contribution in [0.25, 0.3) is 0 Å². The average molecular weight is 274 g/mol. The van der Waals surface area contributed by atoms with Gasteiger partial charge in [0.05, 0.1) is 19.6 Å². The van der Waals surface area contributed by atoms with Gasteiger partial charge in [-0.2, -0.15) is 0 Å². The number of rotatable bonds is 10. The molecule has 0 aromatic rings. The highest BCUT2D eigenvalue weighted by atomic mass is 16.7. The third-order valence-electron chi connectivity index (χ3n) is 1.82. The van der Waals surface area contributed by atoms with Gasteiger partial charge in [-0.1, -0.05) is 0 Å². The molecular weight excluding hydrogens is 256 g/mol. The Kier molecular flexibility index (Phi) is 9.19. The van der Waals surface area contributed by atoms with Crippen molar-refractivity contribution < 1.29 is 28.7 Å². The number of amides is 1. The molecule has 2 N–H and O–H groups in total. The number of carbonyl (C=O) groups excluding carboxylic acids is 4. The van der Waals surface area contributed by atoms with Gasteiger partial charge in [0.15, 0.2) is 12.6 Å². The second kappa shape index (κ2) is 10.2. The largest absolute Gasteiger partial charge is 0.438 e. The third-order valence-corrected chi connectivity index (χ3v) is 1.82. The van der Waals surface area contributed by atoms with Crippen molar-refractivity contribution >= 4 is 23.4 Å². The highest BCUT2D eigenvalue weighted by Crippen LogP contribution is 1.88. The second-order valence-electron chi connectivity index (χ2n) is 3.72. The first-order valence-electron chi connectivity index (χ1n) is 5.58. The van der Waals surface area contributed by atoms with Crippen LogP contribution in [0.4, 0.5) is 0 Å². The Morgan fingerprint density at radius 2 is 1.79 bits per heavy atom. The zero-order valence-electron chi connectivity index (χ0n) is 11.0. The summed E-state index contributed by atoms with van der Waals surface area (Å²) in [5.74, 6) is -1.71. The Bertz CT molecular complexity index is 342. The van der Waals surface area contributed by atoms with E-state index in [2.05, 4.69) is 20.1 Å². The van der Waals surface area contributed by atoms with Crippen molar-refractivity contribution in [1.82, 2.24) is 10.6 Å². The van der Waals surface area contributed by atoms with E-state index in [0.29, 0.717) is 0 Å². The van der Waals surface area contributed by atoms with Crippen LogP contribution in [-0.2, 0) is 28.7 Å². The normalized spacial score (nSPS) is 9.79. The van der Waals surface area contributed by atoms with Crippen molar-refractivity contribution in [3.63, 3.8) is 0 Å². The monoisotopic (exact) mass is 274 g/mol. The molecule has 0 rings (SSSR count). The lowest BCUT2D eigenvalue weighted by Gasteiger charge is -2.06. The summed E-state index contributed by atoms with van der Waals surface area (Å²) in [5, 5.41) is 5.02. The molecular formula is C11H18N2O6. The van der Waals surface area contributed by atoms with Crippen molar-refractivity contribution in [2.75, 3.05) is 27.1 Å². The number of methoxy groups -OCH3 is 1. The summed E-state index contributed by atoms with van der Waals surface area (Å²) in [7, 11) is 1.36. The maximum absolute atomic E-state index is 11.3. The van der Waals surface area contributed by atoms with Crippen LogP contribution in [0.1, 0.15) is 19.8 Å². The Hall–Kier alpha value is -1.80. The second-order valence-corrected chi connectivity index (χ2v) is 3.72. The number of nitrogens with one attached hydrogen (secondary N) is 2. The molecule has 1 amide bonds. The molecule has 0 aliphatic rings. The van der Waals surface area contributed by atoms with Crippen molar-refractivity contribution in [2.24, 2.45) is 0 Å². The van der Waals surface area contributed by atoms with Gasteiger partial charge in [0.25, 0.3) is 0 Å². The van der Waals surface area contributed by atoms with E-state index >= 15 is 0 Å². The molecule has 0 aliphatic carbocycles. The van der Waals surface area contributed by atoms with E-state index in [-0.39, 0.29) is 44.4 Å². The van der Waals surface area contributed by atoms with E-state index in [9.17, 15) is 19.2 Å². The van der Waals surface area contributed by atoms with E-state index in [0.717, 1.165) is 0 Å². The molecule has 0 atom stereocenters. The van der Waals surface area contributed by atoms with Crippen molar-refractivity contribution in [2.45, 2.75) is 19.8 Å². The fourth-order valence-corrected chi connectivity index (χ4v) is 1.05. The number of Topliss-reactive ketones (excluding diaryl/α,β-unsaturated/α-hetero) is 2. The maximum atomic E-state index is 11.3. The number of carbonyl (C=O) groups is 4. The number of hydrogen-bond acceptors (Lipinski definition) is 7. The summed E-state index contributed by atoms with van der Waals surface area (Å²) in [6.07, 6.45) is -0.559. The molecule has 0 bridgehead atoms. The molecule has 0 aromatic heterocycles. The molecule has 0 fully saturated rings. The van der Waals surface area contributed by atoms with Gasteiger partial charge < -0.3 is 14.8 Å². The summed E-state index contributed by atoms with van der Waals surface area (Å²) in [6, 6.07) is 0. The molecule has 8 nitrogen and oxygen atoms in total. The first-order chi connectivity index (χ1) is 8.95. The molecule has 8 heteroatoms. The van der Waals surface area contributed by atoms with Gasteiger partial charge in [0, 0.05) is 7.11 Å². The smallest absolute Gasteiger partial charge is 0.315 e. The minimum atomic E-state index is -0.672. The van der Waals surface area contributed by atoms with Crippen LogP contribution in [0.2, 0.25) is 0 Å². The molecule has 0 unspecified atom stereocenters. The zero-order chi connectivity index (χ0) is 14.7. The molecule has 108 valence electrons. The van der Waals surface area contributed by atoms with Crippen LogP contribution in [0, 0.1) is 0 Å². The first kappa shape index (κ1) is 17.2. The van der Waals surface area contributed by atoms with Gasteiger partial charge in [-0.05, 0) is 6.92 Å². The molecule has 0 saturated heterocycles. The molecule has 0 spiro atoms. The van der Waals surface area contributed by atoms with Crippen LogP contribution < -0.4 is 10.6 Å². The quantitative estimate of drug-likeness (QED) is 0.221. The Morgan fingerprint density at radius 3 is 2.37 bits per heavy atom. The topological polar surface area (TPSA) is 111 Å². The van der Waals surface area contributed by atoms with Crippen LogP contribution in [0.3, 0.4) is 0 Å². The van der Waals surface area contributed by atoms with Gasteiger partial charge >= 0.3 is 5.97 Å². The maximum Gasteiger partial charge on any atom is 0.315 e. The molecule has 19 heavy (non-hydrogen) atoms. The van der Waals surface area contributed by atoms with Crippen molar-refractivity contribution in [3.8, 4) is 0 Å². The highest BCUT2D eigenvalue weighted by molar-refractivity contribution is 5.97. The minimum Gasteiger partial charge on any atom is -0.438 e. The van der Waals surface area contributed by atoms with E-state index in [1.807, 2.05) is 0 Å². The SMILES string of the molecule is COCOC(=O)CC(=O)CNCNC(=O)CC(C)=O. The van der Waals surface area contributed by atoms with Gasteiger partial charge in [0.2, 0.25) is 5.91 Å². The Balaban J connectivity index is 3.61. The minimum absolute atomic E-state index is 0.0466. The van der Waals surface area contributed by atoms with E-state index in [4.69, 9.17) is 0 Å². The first-order valence-corrected chi connectivity index (χ1v) is 5.58. The molecule has 0 heterocycles. The Labute approximate surface area is 110 Å². The van der Waals surface area contributed by atoms with Crippen LogP contribution in [0.5, 0.6) is 0 Å². The fraction of sp³-hybridized carbons (Fsp3) is 0.636. The summed E-state index contributed by atoms with van der Waals surface area (Å²) in [5.41, 5.74) is 0. The standard InChI is InChI=1S/C11H18N2O6/c1-8(14)3-10(16)13-6-12-5-9(15)4-11(17)19-7-18-2/h12H,3-7H2,1-2H3,(H,13,16). The highest BCUT2D eigenvalue weighted by Gasteiger charge is 2.10.